The van der Waals surface area contributed by atoms with Gasteiger partial charge in [-0.25, -0.2) is 0 Å². The highest BCUT2D eigenvalue weighted by Crippen LogP contribution is 2.30. The molecule has 0 unspecified atom stereocenters. The summed E-state index contributed by atoms with van der Waals surface area (Å²) in [5.74, 6) is 4.93. The maximum absolute atomic E-state index is 12.3. The van der Waals surface area contributed by atoms with Crippen molar-refractivity contribution in [2.45, 2.75) is 12.7 Å². The molecule has 1 rings (SSSR count). The highest BCUT2D eigenvalue weighted by Gasteiger charge is 2.33. The van der Waals surface area contributed by atoms with Crippen LogP contribution in [0, 0.1) is 0 Å². The monoisotopic (exact) mass is 191 g/mol. The second kappa shape index (κ2) is 3.71. The first-order chi connectivity index (χ1) is 6.05. The first-order valence-electron chi connectivity index (χ1n) is 3.49. The molecule has 1 aromatic rings. The third-order valence-electron chi connectivity index (χ3n) is 1.51. The van der Waals surface area contributed by atoms with Gasteiger partial charge in [0.2, 0.25) is 0 Å². The zero-order valence-electron chi connectivity index (χ0n) is 6.60. The predicted molar refractivity (Wildman–Crippen MR) is 40.3 cm³/mol. The molecule has 0 saturated heterocycles. The summed E-state index contributed by atoms with van der Waals surface area (Å²) in [5, 5.41) is 0. The van der Waals surface area contributed by atoms with Crippen LogP contribution in [-0.4, -0.2) is 4.98 Å². The predicted octanol–water partition coefficient (Wildman–Crippen LogP) is 1.06. The summed E-state index contributed by atoms with van der Waals surface area (Å²) in [7, 11) is 0. The largest absolute Gasteiger partial charge is 0.418 e. The minimum Gasteiger partial charge on any atom is -0.271 e. The fraction of sp³-hybridized carbons (Fsp3) is 0.286. The molecular formula is C7H8F3N3. The standard InChI is InChI=1S/C7H8F3N3/c8-7(9,10)6-4-12-2-1-5(6)3-13-11/h1-2,4,13H,3,11H2. The number of pyridine rings is 1. The van der Waals surface area contributed by atoms with Gasteiger partial charge in [0, 0.05) is 18.9 Å². The molecule has 6 heteroatoms. The number of aromatic nitrogens is 1. The molecule has 0 aliphatic carbocycles. The van der Waals surface area contributed by atoms with Crippen molar-refractivity contribution >= 4 is 0 Å². The Bertz CT molecular complexity index is 285. The van der Waals surface area contributed by atoms with E-state index in [2.05, 4.69) is 10.4 Å². The molecule has 3 N–H and O–H groups in total. The lowest BCUT2D eigenvalue weighted by Gasteiger charge is -2.10. The minimum absolute atomic E-state index is 0.0304. The Morgan fingerprint density at radius 2 is 2.15 bits per heavy atom. The van der Waals surface area contributed by atoms with E-state index in [1.54, 1.807) is 0 Å². The third kappa shape index (κ3) is 2.40. The summed E-state index contributed by atoms with van der Waals surface area (Å²) in [6, 6.07) is 1.28. The Kier molecular flexibility index (Phi) is 2.84. The van der Waals surface area contributed by atoms with Gasteiger partial charge >= 0.3 is 6.18 Å². The molecule has 0 aliphatic heterocycles. The van der Waals surface area contributed by atoms with Crippen molar-refractivity contribution in [2.75, 3.05) is 0 Å². The van der Waals surface area contributed by atoms with Crippen LogP contribution in [0.25, 0.3) is 0 Å². The first-order valence-corrected chi connectivity index (χ1v) is 3.49. The summed E-state index contributed by atoms with van der Waals surface area (Å²) in [6.07, 6.45) is -2.30. The van der Waals surface area contributed by atoms with Crippen molar-refractivity contribution in [3.8, 4) is 0 Å². The van der Waals surface area contributed by atoms with Gasteiger partial charge in [-0.15, -0.1) is 0 Å². The lowest BCUT2D eigenvalue weighted by molar-refractivity contribution is -0.138. The molecule has 1 heterocycles. The SMILES string of the molecule is NNCc1ccncc1C(F)(F)F. The molecule has 0 aromatic carbocycles. The number of nitrogens with one attached hydrogen (secondary N) is 1. The normalized spacial score (nSPS) is 11.7. The van der Waals surface area contributed by atoms with Crippen LogP contribution < -0.4 is 11.3 Å². The van der Waals surface area contributed by atoms with Gasteiger partial charge < -0.3 is 0 Å². The van der Waals surface area contributed by atoms with Gasteiger partial charge in [-0.3, -0.25) is 16.3 Å². The molecular weight excluding hydrogens is 183 g/mol. The molecule has 0 bridgehead atoms. The third-order valence-corrected chi connectivity index (χ3v) is 1.51. The Hall–Kier alpha value is -1.14. The first kappa shape index (κ1) is 9.94. The van der Waals surface area contributed by atoms with Gasteiger partial charge in [-0.2, -0.15) is 13.2 Å². The average molecular weight is 191 g/mol. The Balaban J connectivity index is 3.05. The second-order valence-corrected chi connectivity index (χ2v) is 2.41. The summed E-state index contributed by atoms with van der Waals surface area (Å²) in [4.78, 5) is 3.41. The lowest BCUT2D eigenvalue weighted by Crippen LogP contribution is -2.23. The van der Waals surface area contributed by atoms with Crippen LogP contribution in [0.5, 0.6) is 0 Å². The van der Waals surface area contributed by atoms with E-state index in [1.165, 1.54) is 12.3 Å². The van der Waals surface area contributed by atoms with Crippen LogP contribution >= 0.6 is 0 Å². The Morgan fingerprint density at radius 3 is 2.69 bits per heavy atom. The molecule has 0 spiro atoms. The summed E-state index contributed by atoms with van der Waals surface area (Å²) in [5.41, 5.74) is 1.50. The van der Waals surface area contributed by atoms with E-state index in [1.807, 2.05) is 0 Å². The molecule has 0 fully saturated rings. The fourth-order valence-electron chi connectivity index (χ4n) is 0.943. The molecule has 13 heavy (non-hydrogen) atoms. The van der Waals surface area contributed by atoms with Crippen LogP contribution in [0.4, 0.5) is 13.2 Å². The highest BCUT2D eigenvalue weighted by atomic mass is 19.4. The van der Waals surface area contributed by atoms with Crippen molar-refractivity contribution in [3.05, 3.63) is 29.6 Å². The van der Waals surface area contributed by atoms with E-state index in [-0.39, 0.29) is 12.1 Å². The molecule has 0 saturated carbocycles. The molecule has 0 amide bonds. The molecule has 1 aromatic heterocycles. The van der Waals surface area contributed by atoms with Crippen molar-refractivity contribution in [2.24, 2.45) is 5.84 Å². The quantitative estimate of drug-likeness (QED) is 0.543. The number of alkyl halides is 3. The van der Waals surface area contributed by atoms with Crippen LogP contribution in [0.1, 0.15) is 11.1 Å². The summed E-state index contributed by atoms with van der Waals surface area (Å²) < 4.78 is 36.8. The second-order valence-electron chi connectivity index (χ2n) is 2.41. The molecule has 0 radical (unpaired) electrons. The molecule has 0 atom stereocenters. The van der Waals surface area contributed by atoms with E-state index in [0.717, 1.165) is 6.20 Å². The van der Waals surface area contributed by atoms with Crippen molar-refractivity contribution in [1.29, 1.82) is 0 Å². The smallest absolute Gasteiger partial charge is 0.271 e. The number of hydrogen-bond acceptors (Lipinski definition) is 3. The van der Waals surface area contributed by atoms with Crippen LogP contribution in [-0.2, 0) is 12.7 Å². The van der Waals surface area contributed by atoms with Gasteiger partial charge in [0.05, 0.1) is 5.56 Å². The summed E-state index contributed by atoms with van der Waals surface area (Å²) in [6.45, 7) is -0.0304. The molecule has 3 nitrogen and oxygen atoms in total. The van der Waals surface area contributed by atoms with Crippen molar-refractivity contribution in [1.82, 2.24) is 10.4 Å². The van der Waals surface area contributed by atoms with E-state index in [0.29, 0.717) is 0 Å². The topological polar surface area (TPSA) is 50.9 Å². The molecule has 72 valence electrons. The van der Waals surface area contributed by atoms with E-state index >= 15 is 0 Å². The van der Waals surface area contributed by atoms with Gasteiger partial charge in [0.1, 0.15) is 0 Å². The minimum atomic E-state index is -4.37. The average Bonchev–Trinajstić information content (AvgIpc) is 2.04. The van der Waals surface area contributed by atoms with Gasteiger partial charge in [0.15, 0.2) is 0 Å². The Morgan fingerprint density at radius 1 is 1.46 bits per heavy atom. The number of nitrogens with two attached hydrogens (primary N) is 1. The zero-order valence-corrected chi connectivity index (χ0v) is 6.60. The Labute approximate surface area is 72.7 Å². The highest BCUT2D eigenvalue weighted by molar-refractivity contribution is 5.25. The van der Waals surface area contributed by atoms with Gasteiger partial charge in [0.25, 0.3) is 0 Å². The van der Waals surface area contributed by atoms with Crippen LogP contribution in [0.3, 0.4) is 0 Å². The lowest BCUT2D eigenvalue weighted by atomic mass is 10.1. The maximum Gasteiger partial charge on any atom is 0.418 e. The van der Waals surface area contributed by atoms with Crippen LogP contribution in [0.15, 0.2) is 18.5 Å². The van der Waals surface area contributed by atoms with Crippen molar-refractivity contribution in [3.63, 3.8) is 0 Å². The van der Waals surface area contributed by atoms with E-state index in [4.69, 9.17) is 5.84 Å². The number of hydrogen-bond donors (Lipinski definition) is 2. The van der Waals surface area contributed by atoms with E-state index < -0.39 is 11.7 Å². The number of nitrogens with zero attached hydrogens (tertiary/aromatic N) is 1. The van der Waals surface area contributed by atoms with Crippen LogP contribution in [0.2, 0.25) is 0 Å². The zero-order chi connectivity index (χ0) is 9.90. The summed E-state index contributed by atoms with van der Waals surface area (Å²) >= 11 is 0. The fourth-order valence-corrected chi connectivity index (χ4v) is 0.943. The number of rotatable bonds is 2. The maximum atomic E-state index is 12.3. The number of hydrazine groups is 1. The molecule has 0 aliphatic rings. The van der Waals surface area contributed by atoms with Crippen molar-refractivity contribution < 1.29 is 13.2 Å². The van der Waals surface area contributed by atoms with Gasteiger partial charge in [-0.1, -0.05) is 0 Å². The number of halogens is 3. The van der Waals surface area contributed by atoms with E-state index in [9.17, 15) is 13.2 Å². The van der Waals surface area contributed by atoms with Gasteiger partial charge in [-0.05, 0) is 11.6 Å².